The molecule has 0 bridgehead atoms. The van der Waals surface area contributed by atoms with Gasteiger partial charge in [-0.2, -0.15) is 0 Å². The molecule has 2 nitrogen and oxygen atoms in total. The van der Waals surface area contributed by atoms with Gasteiger partial charge in [0, 0.05) is 18.9 Å². The van der Waals surface area contributed by atoms with Crippen LogP contribution < -0.4 is 0 Å². The van der Waals surface area contributed by atoms with Gasteiger partial charge in [-0.1, -0.05) is 13.8 Å². The van der Waals surface area contributed by atoms with Crippen molar-refractivity contribution in [2.24, 2.45) is 5.92 Å². The molecule has 0 atom stereocenters. The van der Waals surface area contributed by atoms with E-state index in [0.29, 0.717) is 19.6 Å². The number of ether oxygens (including phenoxy) is 2. The van der Waals surface area contributed by atoms with Gasteiger partial charge in [-0.3, -0.25) is 0 Å². The quantitative estimate of drug-likeness (QED) is 0.602. The Labute approximate surface area is 116 Å². The zero-order chi connectivity index (χ0) is 15.3. The summed E-state index contributed by atoms with van der Waals surface area (Å²) in [6.07, 6.45) is 0.241. The third kappa shape index (κ3) is 9.33. The molecule has 0 saturated heterocycles. The molecule has 0 amide bonds. The van der Waals surface area contributed by atoms with E-state index in [1.165, 1.54) is 0 Å². The molecule has 0 aromatic heterocycles. The van der Waals surface area contributed by atoms with Crippen molar-refractivity contribution in [3.63, 3.8) is 0 Å². The van der Waals surface area contributed by atoms with Gasteiger partial charge in [0.25, 0.3) is 5.92 Å². The third-order valence-corrected chi connectivity index (χ3v) is 2.84. The predicted octanol–water partition coefficient (Wildman–Crippen LogP) is 4.67. The van der Waals surface area contributed by atoms with Crippen LogP contribution in [0.3, 0.4) is 0 Å². The third-order valence-electron chi connectivity index (χ3n) is 2.84. The summed E-state index contributed by atoms with van der Waals surface area (Å²) in [5, 5.41) is 0. The van der Waals surface area contributed by atoms with E-state index in [9.17, 15) is 8.78 Å². The first-order chi connectivity index (χ1) is 8.36. The van der Waals surface area contributed by atoms with Crippen molar-refractivity contribution in [2.45, 2.75) is 78.4 Å². The molecule has 0 aliphatic heterocycles. The molecule has 0 unspecified atom stereocenters. The van der Waals surface area contributed by atoms with Crippen LogP contribution in [0.1, 0.15) is 61.3 Å². The Bertz CT molecular complexity index is 255. The van der Waals surface area contributed by atoms with Gasteiger partial charge in [0.05, 0.1) is 17.8 Å². The van der Waals surface area contributed by atoms with Gasteiger partial charge in [0.1, 0.15) is 0 Å². The van der Waals surface area contributed by atoms with E-state index < -0.39 is 17.4 Å². The lowest BCUT2D eigenvalue weighted by molar-refractivity contribution is -0.120. The highest BCUT2D eigenvalue weighted by molar-refractivity contribution is 4.73. The van der Waals surface area contributed by atoms with Crippen LogP contribution in [0.25, 0.3) is 0 Å². The Morgan fingerprint density at radius 3 is 1.89 bits per heavy atom. The van der Waals surface area contributed by atoms with E-state index in [2.05, 4.69) is 0 Å². The maximum Gasteiger partial charge on any atom is 0.250 e. The van der Waals surface area contributed by atoms with Gasteiger partial charge in [0.15, 0.2) is 0 Å². The second kappa shape index (κ2) is 6.98. The lowest BCUT2D eigenvalue weighted by Gasteiger charge is -2.30. The van der Waals surface area contributed by atoms with Crippen LogP contribution in [0.15, 0.2) is 0 Å². The van der Waals surface area contributed by atoms with Crippen LogP contribution in [0.5, 0.6) is 0 Å². The van der Waals surface area contributed by atoms with Crippen molar-refractivity contribution in [1.82, 2.24) is 0 Å². The first kappa shape index (κ1) is 18.8. The fourth-order valence-electron chi connectivity index (χ4n) is 1.38. The van der Waals surface area contributed by atoms with Gasteiger partial charge < -0.3 is 9.47 Å². The number of halogens is 2. The zero-order valence-corrected chi connectivity index (χ0v) is 13.5. The minimum absolute atomic E-state index is 0.124. The molecular weight excluding hydrogens is 250 g/mol. The summed E-state index contributed by atoms with van der Waals surface area (Å²) in [5.74, 6) is -3.22. The standard InChI is InChI=1S/C15H30F2O2/c1-12(2)15(16,17)9-8-10-18-14(6,7)11-19-13(3,4)5/h12H,8-11H2,1-7H3. The van der Waals surface area contributed by atoms with Crippen molar-refractivity contribution in [3.8, 4) is 0 Å². The van der Waals surface area contributed by atoms with Crippen LogP contribution in [0, 0.1) is 5.92 Å². The maximum atomic E-state index is 13.4. The predicted molar refractivity (Wildman–Crippen MR) is 74.8 cm³/mol. The molecule has 0 aromatic carbocycles. The van der Waals surface area contributed by atoms with Crippen molar-refractivity contribution < 1.29 is 18.3 Å². The van der Waals surface area contributed by atoms with E-state index in [-0.39, 0.29) is 12.0 Å². The van der Waals surface area contributed by atoms with Crippen LogP contribution in [0.2, 0.25) is 0 Å². The van der Waals surface area contributed by atoms with Crippen LogP contribution >= 0.6 is 0 Å². The van der Waals surface area contributed by atoms with Crippen molar-refractivity contribution >= 4 is 0 Å². The smallest absolute Gasteiger partial charge is 0.250 e. The number of rotatable bonds is 8. The lowest BCUT2D eigenvalue weighted by atomic mass is 10.0. The maximum absolute atomic E-state index is 13.4. The van der Waals surface area contributed by atoms with Crippen LogP contribution in [-0.4, -0.2) is 30.3 Å². The Kier molecular flexibility index (Phi) is 6.90. The minimum Gasteiger partial charge on any atom is -0.373 e. The molecule has 4 heteroatoms. The second-order valence-corrected chi connectivity index (χ2v) is 7.03. The summed E-state index contributed by atoms with van der Waals surface area (Å²) in [6, 6.07) is 0. The Hall–Kier alpha value is -0.220. The summed E-state index contributed by atoms with van der Waals surface area (Å²) in [4.78, 5) is 0. The topological polar surface area (TPSA) is 18.5 Å². The summed E-state index contributed by atoms with van der Waals surface area (Å²) in [7, 11) is 0. The molecule has 0 aliphatic carbocycles. The highest BCUT2D eigenvalue weighted by atomic mass is 19.3. The molecule has 116 valence electrons. The van der Waals surface area contributed by atoms with Crippen molar-refractivity contribution in [2.75, 3.05) is 13.2 Å². The van der Waals surface area contributed by atoms with E-state index in [4.69, 9.17) is 9.47 Å². The van der Waals surface area contributed by atoms with Gasteiger partial charge in [-0.15, -0.1) is 0 Å². The molecule has 0 spiro atoms. The molecule has 0 rings (SSSR count). The highest BCUT2D eigenvalue weighted by Crippen LogP contribution is 2.29. The largest absolute Gasteiger partial charge is 0.373 e. The van der Waals surface area contributed by atoms with Gasteiger partial charge in [0.2, 0.25) is 0 Å². The minimum atomic E-state index is -2.60. The molecule has 0 N–H and O–H groups in total. The molecule has 0 aliphatic rings. The summed E-state index contributed by atoms with van der Waals surface area (Å²) in [6.45, 7) is 13.6. The SMILES string of the molecule is CC(C)C(F)(F)CCCOC(C)(C)COC(C)(C)C. The molecule has 0 fully saturated rings. The molecule has 19 heavy (non-hydrogen) atoms. The van der Waals surface area contributed by atoms with E-state index in [0.717, 1.165) is 0 Å². The Morgan fingerprint density at radius 1 is 0.947 bits per heavy atom. The molecule has 0 aromatic rings. The molecule has 0 radical (unpaired) electrons. The first-order valence-electron chi connectivity index (χ1n) is 7.01. The second-order valence-electron chi connectivity index (χ2n) is 7.03. The highest BCUT2D eigenvalue weighted by Gasteiger charge is 2.32. The normalized spacial score (nSPS) is 14.2. The molecular formula is C15H30F2O2. The fraction of sp³-hybridized carbons (Fsp3) is 1.00. The summed E-state index contributed by atoms with van der Waals surface area (Å²) < 4.78 is 38.1. The van der Waals surface area contributed by atoms with Gasteiger partial charge in [-0.05, 0) is 41.0 Å². The molecule has 0 saturated carbocycles. The lowest BCUT2D eigenvalue weighted by Crippen LogP contribution is -2.35. The number of hydrogen-bond acceptors (Lipinski definition) is 2. The van der Waals surface area contributed by atoms with Crippen molar-refractivity contribution in [1.29, 1.82) is 0 Å². The Balaban J connectivity index is 3.93. The van der Waals surface area contributed by atoms with Crippen molar-refractivity contribution in [3.05, 3.63) is 0 Å². The van der Waals surface area contributed by atoms with E-state index in [1.54, 1.807) is 13.8 Å². The van der Waals surface area contributed by atoms with Crippen LogP contribution in [0.4, 0.5) is 8.78 Å². The number of hydrogen-bond donors (Lipinski definition) is 0. The Morgan fingerprint density at radius 2 is 1.47 bits per heavy atom. The summed E-state index contributed by atoms with van der Waals surface area (Å²) in [5.41, 5.74) is -0.661. The van der Waals surface area contributed by atoms with E-state index >= 15 is 0 Å². The average molecular weight is 280 g/mol. The number of alkyl halides is 2. The fourth-order valence-corrected chi connectivity index (χ4v) is 1.38. The van der Waals surface area contributed by atoms with Crippen LogP contribution in [-0.2, 0) is 9.47 Å². The van der Waals surface area contributed by atoms with E-state index in [1.807, 2.05) is 34.6 Å². The monoisotopic (exact) mass is 280 g/mol. The first-order valence-corrected chi connectivity index (χ1v) is 7.01. The van der Waals surface area contributed by atoms with Gasteiger partial charge >= 0.3 is 0 Å². The zero-order valence-electron chi connectivity index (χ0n) is 13.5. The van der Waals surface area contributed by atoms with Gasteiger partial charge in [-0.25, -0.2) is 8.78 Å². The average Bonchev–Trinajstić information content (AvgIpc) is 2.21. The molecule has 0 heterocycles. The summed E-state index contributed by atoms with van der Waals surface area (Å²) >= 11 is 0.